The van der Waals surface area contributed by atoms with Gasteiger partial charge in [-0.2, -0.15) is 16.8 Å². The molecule has 27 atom stereocenters. The van der Waals surface area contributed by atoms with Crippen LogP contribution in [0.2, 0.25) is 0 Å². The highest BCUT2D eigenvalue weighted by molar-refractivity contribution is 7.81. The first-order valence-corrected chi connectivity index (χ1v) is 31.7. The van der Waals surface area contributed by atoms with E-state index in [9.17, 15) is 71.3 Å². The second kappa shape index (κ2) is 24.6. The summed E-state index contributed by atoms with van der Waals surface area (Å²) in [5.41, 5.74) is -1.35. The van der Waals surface area contributed by atoms with Crippen molar-refractivity contribution >= 4 is 32.7 Å². The molecule has 0 amide bonds. The van der Waals surface area contributed by atoms with Crippen LogP contribution in [0.5, 0.6) is 0 Å². The Kier molecular flexibility index (Phi) is 19.4. The van der Waals surface area contributed by atoms with Crippen LogP contribution in [-0.2, 0) is 90.9 Å². The Morgan fingerprint density at radius 1 is 0.741 bits per heavy atom. The molecule has 4 aliphatic carbocycles. The fraction of sp³-hybridized carbons (Fsp3) is 0.891. The van der Waals surface area contributed by atoms with Gasteiger partial charge in [-0.05, 0) is 101 Å². The number of hydrogen-bond donors (Lipinski definition) is 9. The molecule has 0 aromatic heterocycles. The second-order valence-corrected chi connectivity index (χ2v) is 28.3. The first kappa shape index (κ1) is 66.9. The van der Waals surface area contributed by atoms with E-state index in [2.05, 4.69) is 44.5 Å². The average Bonchev–Trinajstić information content (AvgIpc) is 1.54. The highest BCUT2D eigenvalue weighted by Crippen LogP contribution is 2.77. The quantitative estimate of drug-likeness (QED) is 0.0481. The minimum atomic E-state index is -5.21. The van der Waals surface area contributed by atoms with Crippen molar-refractivity contribution in [3.63, 3.8) is 0 Å². The Morgan fingerprint density at radius 2 is 1.39 bits per heavy atom. The van der Waals surface area contributed by atoms with Crippen LogP contribution in [0.1, 0.15) is 113 Å². The Balaban J connectivity index is 0.925. The van der Waals surface area contributed by atoms with Crippen LogP contribution in [0.15, 0.2) is 23.8 Å². The maximum atomic E-state index is 14.7. The molecule has 9 N–H and O–H groups in total. The van der Waals surface area contributed by atoms with E-state index >= 15 is 0 Å². The number of fused-ring (bicyclic) bond motifs is 4. The summed E-state index contributed by atoms with van der Waals surface area (Å²) in [5, 5.41) is 79.2. The predicted molar refractivity (Wildman–Crippen MR) is 286 cm³/mol. The van der Waals surface area contributed by atoms with E-state index in [0.717, 1.165) is 24.0 Å². The predicted octanol–water partition coefficient (Wildman–Crippen LogP) is 0.447. The number of carbonyl (C=O) groups is 2. The third kappa shape index (κ3) is 12.4. The van der Waals surface area contributed by atoms with E-state index in [4.69, 9.17) is 56.3 Å². The molecule has 5 saturated heterocycles. The van der Waals surface area contributed by atoms with Gasteiger partial charge >= 0.3 is 32.7 Å². The van der Waals surface area contributed by atoms with Gasteiger partial charge in [0.15, 0.2) is 25.2 Å². The molecule has 0 aromatic rings. The van der Waals surface area contributed by atoms with Gasteiger partial charge in [0.2, 0.25) is 0 Å². The lowest BCUT2D eigenvalue weighted by atomic mass is 9.41. The summed E-state index contributed by atoms with van der Waals surface area (Å²) >= 11 is 0. The molecule has 9 rings (SSSR count). The molecule has 9 aliphatic rings. The monoisotopic (exact) mass is 1260 g/mol. The van der Waals surface area contributed by atoms with Gasteiger partial charge in [-0.15, -0.1) is 6.58 Å². The molecular weight excluding hydrogens is 1170 g/mol. The van der Waals surface area contributed by atoms with Crippen molar-refractivity contribution in [2.75, 3.05) is 26.9 Å². The van der Waals surface area contributed by atoms with Gasteiger partial charge in [0.05, 0.1) is 43.4 Å². The Hall–Kier alpha value is -2.48. The number of aliphatic hydroxyl groups is 7. The van der Waals surface area contributed by atoms with Gasteiger partial charge in [0.1, 0.15) is 91.1 Å². The van der Waals surface area contributed by atoms with Crippen LogP contribution >= 0.6 is 0 Å². The van der Waals surface area contributed by atoms with Crippen LogP contribution < -0.4 is 0 Å². The summed E-state index contributed by atoms with van der Waals surface area (Å²) in [4.78, 5) is 27.5. The Bertz CT molecular complexity index is 2710. The zero-order chi connectivity index (χ0) is 62.5. The number of cyclic esters (lactones) is 1. The zero-order valence-corrected chi connectivity index (χ0v) is 50.8. The van der Waals surface area contributed by atoms with Crippen molar-refractivity contribution in [3.8, 4) is 0 Å². The lowest BCUT2D eigenvalue weighted by Gasteiger charge is -2.64. The molecule has 5 aliphatic heterocycles. The number of rotatable bonds is 19. The number of methoxy groups -OCH3 is 1. The number of aliphatic hydroxyl groups excluding tert-OH is 7. The third-order valence-corrected chi connectivity index (χ3v) is 21.4. The van der Waals surface area contributed by atoms with Crippen LogP contribution in [0.3, 0.4) is 0 Å². The summed E-state index contributed by atoms with van der Waals surface area (Å²) in [6.07, 6.45) is -25.4. The molecule has 5 heterocycles. The fourth-order valence-electron chi connectivity index (χ4n) is 16.5. The highest BCUT2D eigenvalue weighted by Gasteiger charge is 2.79. The molecule has 0 aromatic carbocycles. The zero-order valence-electron chi connectivity index (χ0n) is 49.1. The fourth-order valence-corrected chi connectivity index (χ4v) is 17.3. The van der Waals surface area contributed by atoms with E-state index in [1.807, 2.05) is 13.8 Å². The molecule has 30 heteroatoms. The lowest BCUT2D eigenvalue weighted by Crippen LogP contribution is -2.66. The summed E-state index contributed by atoms with van der Waals surface area (Å²) in [7, 11) is -9.17. The molecular formula is C55H86O28S2. The molecule has 0 radical (unpaired) electrons. The minimum Gasteiger partial charge on any atom is -0.462 e. The number of ether oxygens (including phenoxy) is 11. The number of hydrogen-bond acceptors (Lipinski definition) is 26. The topological polar surface area (TPSA) is 404 Å². The first-order chi connectivity index (χ1) is 39.5. The van der Waals surface area contributed by atoms with Crippen LogP contribution in [0.25, 0.3) is 0 Å². The molecule has 85 heavy (non-hydrogen) atoms. The highest BCUT2D eigenvalue weighted by atomic mass is 32.3. The van der Waals surface area contributed by atoms with Crippen LogP contribution in [0.4, 0.5) is 0 Å². The smallest absolute Gasteiger partial charge is 0.397 e. The number of carbonyl (C=O) groups excluding carboxylic acids is 2. The van der Waals surface area contributed by atoms with Crippen molar-refractivity contribution < 1.29 is 132 Å². The molecule has 28 nitrogen and oxygen atoms in total. The maximum Gasteiger partial charge on any atom is 0.397 e. The SMILES string of the molecule is C=C(C)CCC[C@]1(C)OC(=O)C23CCC4C(=CCC5C(C)(C)C(O[C@@H]6OC[C@@H](OS(=O)(=O)O)C(O)C6O[C@@H]6OC(C)[C@@H](O[C@@H]7OC(COS(=O)(=O)O)[C@@H](O)C(O[C@@H]8OC[C@@H](O)C(OC)C8O)C7O)C(O)C6O)CC[C@]45C)C2(C)CC(OC(C)=O)C31. The van der Waals surface area contributed by atoms with Gasteiger partial charge in [-0.25, -0.2) is 8.37 Å². The Morgan fingerprint density at radius 3 is 2.04 bits per heavy atom. The van der Waals surface area contributed by atoms with E-state index < -0.39 is 191 Å². The first-order valence-electron chi connectivity index (χ1n) is 29.0. The van der Waals surface area contributed by atoms with E-state index in [-0.39, 0.29) is 29.1 Å². The third-order valence-electron chi connectivity index (χ3n) is 20.4. The van der Waals surface area contributed by atoms with Crippen LogP contribution in [0, 0.1) is 39.4 Å². The van der Waals surface area contributed by atoms with Gasteiger partial charge < -0.3 is 87.9 Å². The average molecular weight is 1260 g/mol. The molecule has 0 bridgehead atoms. The largest absolute Gasteiger partial charge is 0.462 e. The molecule has 3 saturated carbocycles. The van der Waals surface area contributed by atoms with E-state index in [0.29, 0.717) is 44.9 Å². The van der Waals surface area contributed by atoms with Gasteiger partial charge in [-0.3, -0.25) is 18.7 Å². The molecule has 1 spiro atoms. The summed E-state index contributed by atoms with van der Waals surface area (Å²) in [6.45, 7) is 17.1. The molecule has 486 valence electrons. The number of allylic oxidation sites excluding steroid dienone is 3. The van der Waals surface area contributed by atoms with Crippen molar-refractivity contribution in [3.05, 3.63) is 23.8 Å². The number of esters is 2. The van der Waals surface area contributed by atoms with E-state index in [1.54, 1.807) is 0 Å². The van der Waals surface area contributed by atoms with Crippen molar-refractivity contribution in [1.82, 2.24) is 0 Å². The van der Waals surface area contributed by atoms with Crippen molar-refractivity contribution in [2.45, 2.75) is 242 Å². The summed E-state index contributed by atoms with van der Waals surface area (Å²) in [6, 6.07) is 0. The van der Waals surface area contributed by atoms with Crippen molar-refractivity contribution in [2.24, 2.45) is 39.4 Å². The second-order valence-electron chi connectivity index (χ2n) is 26.1. The Labute approximate surface area is 494 Å². The lowest BCUT2D eigenvalue weighted by molar-refractivity contribution is -0.386. The van der Waals surface area contributed by atoms with Crippen molar-refractivity contribution in [1.29, 1.82) is 0 Å². The standard InChI is InChI=1S/C55H86O28S2/c1-24(2)12-11-17-54(9)45-30(76-26(4)56)20-53(8)28-13-14-33-51(5,6)34(16-18-52(33,7)27(28)15-19-55(45,53)50(64)82-54)78-49-44(36(59)32(22-73-49)83-85(68,69)70)81-47-38(61)37(60)41(25(3)75-47)79-48-40(63)43(35(58)31(77-48)23-74-84(65,66)67)80-46-39(62)42(71-10)29(57)21-72-46/h13,25,27,29-49,57-63H,1,11-12,14-23H2,2-10H3,(H,65,66,67)(H,68,69,70)/t25?,27?,29-,30?,31?,32-,33?,34?,35-,36?,37?,38?,39?,40?,41-,42?,43?,44?,45?,46+,47+,48+,49+,52-,53?,54+,55?/m1/s1. The van der Waals surface area contributed by atoms with Crippen LogP contribution in [-0.4, -0.2) is 229 Å². The van der Waals surface area contributed by atoms with Gasteiger partial charge in [0.25, 0.3) is 0 Å². The molecule has 17 unspecified atom stereocenters. The molecule has 8 fully saturated rings. The maximum absolute atomic E-state index is 14.7. The minimum absolute atomic E-state index is 0.00952. The van der Waals surface area contributed by atoms with Gasteiger partial charge in [-0.1, -0.05) is 44.9 Å². The summed E-state index contributed by atoms with van der Waals surface area (Å²) < 4.78 is 141. The normalized spacial score (nSPS) is 48.0. The summed E-state index contributed by atoms with van der Waals surface area (Å²) in [5.74, 6) is -1.10. The van der Waals surface area contributed by atoms with Gasteiger partial charge in [0, 0.05) is 19.4 Å². The van der Waals surface area contributed by atoms with E-state index in [1.165, 1.54) is 21.0 Å².